The largest absolute Gasteiger partial charge is 0.374 e. The number of carbonyl (C=O) groups excluding carboxylic acids is 1. The van der Waals surface area contributed by atoms with Crippen molar-refractivity contribution in [3.8, 4) is 0 Å². The maximum absolute atomic E-state index is 12.5. The zero-order valence-corrected chi connectivity index (χ0v) is 16.1. The number of rotatable bonds is 5. The van der Waals surface area contributed by atoms with Crippen molar-refractivity contribution in [2.24, 2.45) is 0 Å². The van der Waals surface area contributed by atoms with Crippen molar-refractivity contribution in [3.05, 3.63) is 53.1 Å². The van der Waals surface area contributed by atoms with Crippen LogP contribution in [-0.2, 0) is 4.79 Å². The van der Waals surface area contributed by atoms with Crippen LogP contribution in [-0.4, -0.2) is 25.0 Å². The van der Waals surface area contributed by atoms with Gasteiger partial charge in [0.25, 0.3) is 0 Å². The van der Waals surface area contributed by atoms with E-state index in [0.717, 1.165) is 30.0 Å². The molecule has 5 heteroatoms. The number of carbonyl (C=O) groups is 1. The van der Waals surface area contributed by atoms with Crippen LogP contribution < -0.4 is 15.5 Å². The first-order chi connectivity index (χ1) is 12.5. The maximum Gasteiger partial charge on any atom is 0.246 e. The number of aryl methyl sites for hydroxylation is 1. The molecule has 2 N–H and O–H groups in total. The highest BCUT2D eigenvalue weighted by Crippen LogP contribution is 2.23. The minimum Gasteiger partial charge on any atom is -0.374 e. The van der Waals surface area contributed by atoms with Gasteiger partial charge in [0.1, 0.15) is 6.04 Å². The van der Waals surface area contributed by atoms with Crippen molar-refractivity contribution in [2.45, 2.75) is 39.2 Å². The summed E-state index contributed by atoms with van der Waals surface area (Å²) in [5.41, 5.74) is 3.93. The molecule has 1 atom stereocenters. The van der Waals surface area contributed by atoms with E-state index in [1.807, 2.05) is 38.1 Å². The molecule has 1 aliphatic heterocycles. The second-order valence-corrected chi connectivity index (χ2v) is 7.35. The molecule has 0 aliphatic carbocycles. The van der Waals surface area contributed by atoms with Crippen LogP contribution in [0.25, 0.3) is 0 Å². The van der Waals surface area contributed by atoms with Gasteiger partial charge in [0.05, 0.1) is 0 Å². The van der Waals surface area contributed by atoms with Gasteiger partial charge in [-0.3, -0.25) is 4.79 Å². The molecule has 1 aliphatic rings. The normalized spacial score (nSPS) is 15.4. The maximum atomic E-state index is 12.5. The average Bonchev–Trinajstić information content (AvgIpc) is 2.66. The number of piperidine rings is 1. The van der Waals surface area contributed by atoms with E-state index in [9.17, 15) is 4.79 Å². The number of anilines is 3. The topological polar surface area (TPSA) is 44.4 Å². The van der Waals surface area contributed by atoms with E-state index < -0.39 is 0 Å². The van der Waals surface area contributed by atoms with Gasteiger partial charge < -0.3 is 15.5 Å². The molecule has 2 aromatic carbocycles. The van der Waals surface area contributed by atoms with E-state index >= 15 is 0 Å². The Labute approximate surface area is 160 Å². The number of nitrogens with zero attached hydrogens (tertiary/aromatic N) is 1. The van der Waals surface area contributed by atoms with E-state index in [0.29, 0.717) is 5.02 Å². The number of hydrogen-bond donors (Lipinski definition) is 2. The Hall–Kier alpha value is -2.20. The first-order valence-electron chi connectivity index (χ1n) is 9.21. The van der Waals surface area contributed by atoms with Crippen LogP contribution in [0, 0.1) is 6.92 Å². The molecular formula is C21H26ClN3O. The number of amides is 1. The van der Waals surface area contributed by atoms with E-state index in [4.69, 9.17) is 11.6 Å². The third-order valence-corrected chi connectivity index (χ3v) is 5.06. The summed E-state index contributed by atoms with van der Waals surface area (Å²) in [6.07, 6.45) is 3.86. The second-order valence-electron chi connectivity index (χ2n) is 6.91. The Morgan fingerprint density at radius 1 is 1.08 bits per heavy atom. The molecule has 138 valence electrons. The highest BCUT2D eigenvalue weighted by molar-refractivity contribution is 6.31. The van der Waals surface area contributed by atoms with Gasteiger partial charge in [-0.1, -0.05) is 17.7 Å². The van der Waals surface area contributed by atoms with Crippen LogP contribution in [0.15, 0.2) is 42.5 Å². The first-order valence-corrected chi connectivity index (χ1v) is 9.59. The van der Waals surface area contributed by atoms with Crippen molar-refractivity contribution in [2.75, 3.05) is 28.6 Å². The lowest BCUT2D eigenvalue weighted by Gasteiger charge is -2.29. The number of hydrogen-bond acceptors (Lipinski definition) is 3. The van der Waals surface area contributed by atoms with Crippen LogP contribution in [0.1, 0.15) is 31.7 Å². The fraction of sp³-hybridized carbons (Fsp3) is 0.381. The number of nitrogens with one attached hydrogen (secondary N) is 2. The monoisotopic (exact) mass is 371 g/mol. The Morgan fingerprint density at radius 2 is 1.77 bits per heavy atom. The average molecular weight is 372 g/mol. The van der Waals surface area contributed by atoms with Crippen LogP contribution in [0.2, 0.25) is 5.02 Å². The lowest BCUT2D eigenvalue weighted by atomic mass is 10.1. The zero-order valence-electron chi connectivity index (χ0n) is 15.4. The molecule has 0 unspecified atom stereocenters. The third kappa shape index (κ3) is 4.70. The van der Waals surface area contributed by atoms with Gasteiger partial charge in [-0.2, -0.15) is 0 Å². The highest BCUT2D eigenvalue weighted by Gasteiger charge is 2.15. The molecule has 0 saturated carbocycles. The van der Waals surface area contributed by atoms with E-state index in [1.165, 1.54) is 24.9 Å². The summed E-state index contributed by atoms with van der Waals surface area (Å²) >= 11 is 6.02. The van der Waals surface area contributed by atoms with Crippen molar-refractivity contribution in [3.63, 3.8) is 0 Å². The molecule has 2 aromatic rings. The molecule has 1 amide bonds. The Kier molecular flexibility index (Phi) is 6.04. The summed E-state index contributed by atoms with van der Waals surface area (Å²) in [7, 11) is 0. The van der Waals surface area contributed by atoms with Gasteiger partial charge in [0.15, 0.2) is 0 Å². The summed E-state index contributed by atoms with van der Waals surface area (Å²) < 4.78 is 0. The van der Waals surface area contributed by atoms with Gasteiger partial charge in [-0.15, -0.1) is 0 Å². The summed E-state index contributed by atoms with van der Waals surface area (Å²) in [5.74, 6) is -0.0875. The fourth-order valence-electron chi connectivity index (χ4n) is 3.21. The lowest BCUT2D eigenvalue weighted by Crippen LogP contribution is -2.32. The predicted octanol–water partition coefficient (Wildman–Crippen LogP) is 5.08. The molecule has 3 rings (SSSR count). The summed E-state index contributed by atoms with van der Waals surface area (Å²) in [6.45, 7) is 6.06. The van der Waals surface area contributed by atoms with E-state index in [1.54, 1.807) is 6.07 Å². The molecule has 1 heterocycles. The van der Waals surface area contributed by atoms with Crippen LogP contribution in [0.5, 0.6) is 0 Å². The predicted molar refractivity (Wildman–Crippen MR) is 110 cm³/mol. The van der Waals surface area contributed by atoms with Gasteiger partial charge in [-0.25, -0.2) is 0 Å². The Bertz CT molecular complexity index is 754. The SMILES string of the molecule is Cc1ccc(Cl)cc1NC(=O)[C@H](C)Nc1ccc(N2CCCCC2)cc1. The molecule has 26 heavy (non-hydrogen) atoms. The zero-order chi connectivity index (χ0) is 18.5. The number of benzene rings is 2. The molecule has 1 fully saturated rings. The second kappa shape index (κ2) is 8.45. The van der Waals surface area contributed by atoms with Crippen molar-refractivity contribution < 1.29 is 4.79 Å². The molecule has 0 aromatic heterocycles. The summed E-state index contributed by atoms with van der Waals surface area (Å²) in [4.78, 5) is 14.9. The lowest BCUT2D eigenvalue weighted by molar-refractivity contribution is -0.116. The molecule has 0 bridgehead atoms. The molecule has 0 radical (unpaired) electrons. The van der Waals surface area contributed by atoms with Gasteiger partial charge in [0, 0.05) is 35.2 Å². The Balaban J connectivity index is 1.59. The quantitative estimate of drug-likeness (QED) is 0.770. The van der Waals surface area contributed by atoms with Crippen molar-refractivity contribution in [1.29, 1.82) is 0 Å². The van der Waals surface area contributed by atoms with Crippen LogP contribution in [0.3, 0.4) is 0 Å². The Morgan fingerprint density at radius 3 is 2.46 bits per heavy atom. The molecule has 4 nitrogen and oxygen atoms in total. The first kappa shape index (κ1) is 18.6. The highest BCUT2D eigenvalue weighted by atomic mass is 35.5. The van der Waals surface area contributed by atoms with Crippen LogP contribution in [0.4, 0.5) is 17.1 Å². The molecular weight excluding hydrogens is 346 g/mol. The summed E-state index contributed by atoms with van der Waals surface area (Å²) in [5, 5.41) is 6.81. The summed E-state index contributed by atoms with van der Waals surface area (Å²) in [6, 6.07) is 13.5. The van der Waals surface area contributed by atoms with Crippen molar-refractivity contribution in [1.82, 2.24) is 0 Å². The number of halogens is 1. The molecule has 1 saturated heterocycles. The van der Waals surface area contributed by atoms with Gasteiger partial charge in [-0.05, 0) is 75.1 Å². The van der Waals surface area contributed by atoms with Gasteiger partial charge in [0.2, 0.25) is 5.91 Å². The minimum absolute atomic E-state index is 0.0875. The van der Waals surface area contributed by atoms with E-state index in [2.05, 4.69) is 27.7 Å². The molecule has 0 spiro atoms. The van der Waals surface area contributed by atoms with Crippen LogP contribution >= 0.6 is 11.6 Å². The van der Waals surface area contributed by atoms with Crippen molar-refractivity contribution >= 4 is 34.6 Å². The minimum atomic E-state index is -0.353. The third-order valence-electron chi connectivity index (χ3n) is 4.82. The fourth-order valence-corrected chi connectivity index (χ4v) is 3.38. The standard InChI is InChI=1S/C21H26ClN3O/c1-15-6-7-17(22)14-20(15)24-21(26)16(2)23-18-8-10-19(11-9-18)25-12-4-3-5-13-25/h6-11,14,16,23H,3-5,12-13H2,1-2H3,(H,24,26)/t16-/m0/s1. The van der Waals surface area contributed by atoms with E-state index in [-0.39, 0.29) is 11.9 Å². The smallest absolute Gasteiger partial charge is 0.246 e. The van der Waals surface area contributed by atoms with Gasteiger partial charge >= 0.3 is 0 Å².